The maximum absolute atomic E-state index is 11.9. The summed E-state index contributed by atoms with van der Waals surface area (Å²) in [4.78, 5) is 23.5. The molecule has 0 saturated carbocycles. The van der Waals surface area contributed by atoms with Gasteiger partial charge >= 0.3 is 12.0 Å². The van der Waals surface area contributed by atoms with Crippen molar-refractivity contribution in [2.75, 3.05) is 12.4 Å². The highest BCUT2D eigenvalue weighted by Crippen LogP contribution is 2.23. The fourth-order valence-corrected chi connectivity index (χ4v) is 1.43. The number of para-hydroxylation sites is 1. The van der Waals surface area contributed by atoms with E-state index in [0.717, 1.165) is 5.57 Å². The van der Waals surface area contributed by atoms with Crippen molar-refractivity contribution in [3.63, 3.8) is 0 Å². The molecule has 0 atom stereocenters. The minimum absolute atomic E-state index is 0.0167. The van der Waals surface area contributed by atoms with Gasteiger partial charge in [-0.1, -0.05) is 38.5 Å². The fourth-order valence-electron chi connectivity index (χ4n) is 1.43. The number of ether oxygens (including phenoxy) is 1. The summed E-state index contributed by atoms with van der Waals surface area (Å²) in [5.41, 5.74) is 1.74. The largest absolute Gasteiger partial charge is 0.465 e. The van der Waals surface area contributed by atoms with Crippen molar-refractivity contribution < 1.29 is 14.3 Å². The number of carbonyl (C=O) groups is 2. The number of allylic oxidation sites excluding steroid dienone is 1. The Morgan fingerprint density at radius 1 is 1.19 bits per heavy atom. The van der Waals surface area contributed by atoms with Gasteiger partial charge in [0, 0.05) is 6.20 Å². The van der Waals surface area contributed by atoms with Crippen LogP contribution in [0.4, 0.5) is 10.5 Å². The van der Waals surface area contributed by atoms with Gasteiger partial charge in [0.05, 0.1) is 18.4 Å². The van der Waals surface area contributed by atoms with Crippen molar-refractivity contribution in [1.82, 2.24) is 5.32 Å². The number of urea groups is 1. The van der Waals surface area contributed by atoms with E-state index in [2.05, 4.69) is 36.1 Å². The third kappa shape index (κ3) is 4.95. The number of rotatable bonds is 3. The molecule has 0 bridgehead atoms. The molecule has 5 heteroatoms. The molecule has 5 nitrogen and oxygen atoms in total. The van der Waals surface area contributed by atoms with Crippen LogP contribution in [-0.4, -0.2) is 19.1 Å². The molecule has 0 aliphatic heterocycles. The summed E-state index contributed by atoms with van der Waals surface area (Å²) in [6.07, 6.45) is 1.66. The molecular weight excluding hydrogens is 268 g/mol. The molecule has 0 fully saturated rings. The van der Waals surface area contributed by atoms with Crippen LogP contribution in [0.1, 0.15) is 38.1 Å². The second-order valence-electron chi connectivity index (χ2n) is 5.71. The van der Waals surface area contributed by atoms with Crippen LogP contribution in [-0.2, 0) is 4.74 Å². The number of nitrogens with one attached hydrogen (secondary N) is 2. The van der Waals surface area contributed by atoms with Gasteiger partial charge in [0.1, 0.15) is 0 Å². The Balaban J connectivity index is 2.79. The molecule has 1 aromatic rings. The van der Waals surface area contributed by atoms with E-state index in [0.29, 0.717) is 11.3 Å². The predicted octanol–water partition coefficient (Wildman–Crippen LogP) is 3.54. The number of hydrogen-bond donors (Lipinski definition) is 2. The first-order valence-corrected chi connectivity index (χ1v) is 6.68. The summed E-state index contributed by atoms with van der Waals surface area (Å²) < 4.78 is 4.68. The summed E-state index contributed by atoms with van der Waals surface area (Å²) in [5.74, 6) is -0.493. The number of anilines is 1. The zero-order valence-electron chi connectivity index (χ0n) is 13.1. The van der Waals surface area contributed by atoms with Crippen LogP contribution < -0.4 is 10.6 Å². The van der Waals surface area contributed by atoms with Gasteiger partial charge in [0.25, 0.3) is 0 Å². The molecule has 0 aromatic heterocycles. The Labute approximate surface area is 125 Å². The molecule has 1 aromatic carbocycles. The van der Waals surface area contributed by atoms with Gasteiger partial charge < -0.3 is 15.4 Å². The van der Waals surface area contributed by atoms with Crippen LogP contribution in [0.2, 0.25) is 0 Å². The standard InChI is InChI=1S/C16H22N2O3/c1-11(16(2,3)4)10-17-15(20)18-13-9-7-6-8-12(13)14(19)21-5/h6-10H,1-5H3,(H2,17,18,20)/b11-10+. The van der Waals surface area contributed by atoms with Crippen molar-refractivity contribution in [2.24, 2.45) is 5.41 Å². The van der Waals surface area contributed by atoms with Gasteiger partial charge in [-0.15, -0.1) is 0 Å². The molecular formula is C16H22N2O3. The van der Waals surface area contributed by atoms with Crippen LogP contribution >= 0.6 is 0 Å². The normalized spacial score (nSPS) is 11.8. The number of hydrogen-bond acceptors (Lipinski definition) is 3. The molecule has 2 amide bonds. The molecule has 114 valence electrons. The molecule has 0 radical (unpaired) electrons. The smallest absolute Gasteiger partial charge is 0.339 e. The topological polar surface area (TPSA) is 67.4 Å². The first-order chi connectivity index (χ1) is 9.75. The minimum Gasteiger partial charge on any atom is -0.465 e. The number of carbonyl (C=O) groups excluding carboxylic acids is 2. The highest BCUT2D eigenvalue weighted by molar-refractivity contribution is 6.00. The third-order valence-electron chi connectivity index (χ3n) is 3.18. The Bertz CT molecular complexity index is 557. The van der Waals surface area contributed by atoms with Crippen LogP contribution in [0.3, 0.4) is 0 Å². The summed E-state index contributed by atoms with van der Waals surface area (Å²) in [7, 11) is 1.30. The van der Waals surface area contributed by atoms with E-state index in [4.69, 9.17) is 0 Å². The summed E-state index contributed by atoms with van der Waals surface area (Å²) in [5, 5.41) is 5.29. The van der Waals surface area contributed by atoms with E-state index in [-0.39, 0.29) is 5.41 Å². The first kappa shape index (κ1) is 16.8. The summed E-state index contributed by atoms with van der Waals surface area (Å²) >= 11 is 0. The highest BCUT2D eigenvalue weighted by Gasteiger charge is 2.14. The predicted molar refractivity (Wildman–Crippen MR) is 83.1 cm³/mol. The highest BCUT2D eigenvalue weighted by atomic mass is 16.5. The van der Waals surface area contributed by atoms with Crippen molar-refractivity contribution in [3.8, 4) is 0 Å². The Kier molecular flexibility index (Phi) is 5.52. The van der Waals surface area contributed by atoms with Gasteiger partial charge in [-0.05, 0) is 24.5 Å². The van der Waals surface area contributed by atoms with Gasteiger partial charge in [0.15, 0.2) is 0 Å². The first-order valence-electron chi connectivity index (χ1n) is 6.68. The molecule has 0 unspecified atom stereocenters. The lowest BCUT2D eigenvalue weighted by Crippen LogP contribution is -2.26. The van der Waals surface area contributed by atoms with E-state index in [9.17, 15) is 9.59 Å². The number of esters is 1. The van der Waals surface area contributed by atoms with Crippen LogP contribution in [0.15, 0.2) is 36.0 Å². The zero-order valence-corrected chi connectivity index (χ0v) is 13.1. The minimum atomic E-state index is -0.493. The van der Waals surface area contributed by atoms with Gasteiger partial charge in [0.2, 0.25) is 0 Å². The molecule has 0 heterocycles. The Hall–Kier alpha value is -2.30. The molecule has 1 rings (SSSR count). The lowest BCUT2D eigenvalue weighted by Gasteiger charge is -2.19. The number of benzene rings is 1. The average Bonchev–Trinajstić information content (AvgIpc) is 2.43. The van der Waals surface area contributed by atoms with E-state index in [1.807, 2.05) is 6.92 Å². The van der Waals surface area contributed by atoms with Crippen LogP contribution in [0.25, 0.3) is 0 Å². The van der Waals surface area contributed by atoms with Gasteiger partial charge in [-0.3, -0.25) is 0 Å². The molecule has 0 aliphatic carbocycles. The lowest BCUT2D eigenvalue weighted by atomic mass is 9.88. The van der Waals surface area contributed by atoms with Crippen molar-refractivity contribution in [1.29, 1.82) is 0 Å². The summed E-state index contributed by atoms with van der Waals surface area (Å²) in [6.45, 7) is 8.13. The van der Waals surface area contributed by atoms with E-state index < -0.39 is 12.0 Å². The quantitative estimate of drug-likeness (QED) is 0.837. The summed E-state index contributed by atoms with van der Waals surface area (Å²) in [6, 6.07) is 6.27. The molecule has 2 N–H and O–H groups in total. The lowest BCUT2D eigenvalue weighted by molar-refractivity contribution is 0.0602. The van der Waals surface area contributed by atoms with E-state index in [1.165, 1.54) is 7.11 Å². The molecule has 0 saturated heterocycles. The van der Waals surface area contributed by atoms with Crippen molar-refractivity contribution >= 4 is 17.7 Å². The Morgan fingerprint density at radius 2 is 1.81 bits per heavy atom. The van der Waals surface area contributed by atoms with Gasteiger partial charge in [-0.2, -0.15) is 0 Å². The van der Waals surface area contributed by atoms with E-state index >= 15 is 0 Å². The monoisotopic (exact) mass is 290 g/mol. The zero-order chi connectivity index (χ0) is 16.0. The maximum Gasteiger partial charge on any atom is 0.339 e. The average molecular weight is 290 g/mol. The van der Waals surface area contributed by atoms with Crippen LogP contribution in [0, 0.1) is 5.41 Å². The SMILES string of the molecule is COC(=O)c1ccccc1NC(=O)N/C=C(\C)C(C)(C)C. The second kappa shape index (κ2) is 6.92. The second-order valence-corrected chi connectivity index (χ2v) is 5.71. The molecule has 0 aliphatic rings. The Morgan fingerprint density at radius 3 is 2.38 bits per heavy atom. The van der Waals surface area contributed by atoms with Crippen molar-refractivity contribution in [3.05, 3.63) is 41.6 Å². The maximum atomic E-state index is 11.9. The number of amides is 2. The fraction of sp³-hybridized carbons (Fsp3) is 0.375. The molecule has 21 heavy (non-hydrogen) atoms. The van der Waals surface area contributed by atoms with Gasteiger partial charge in [-0.25, -0.2) is 9.59 Å². The number of methoxy groups -OCH3 is 1. The third-order valence-corrected chi connectivity index (χ3v) is 3.18. The van der Waals surface area contributed by atoms with Crippen molar-refractivity contribution in [2.45, 2.75) is 27.7 Å². The van der Waals surface area contributed by atoms with E-state index in [1.54, 1.807) is 30.5 Å². The van der Waals surface area contributed by atoms with Crippen LogP contribution in [0.5, 0.6) is 0 Å². The molecule has 0 spiro atoms.